The molecule has 0 amide bonds. The molecule has 0 radical (unpaired) electrons. The lowest BCUT2D eigenvalue weighted by atomic mass is 9.89. The van der Waals surface area contributed by atoms with Crippen LogP contribution in [-0.2, 0) is 0 Å². The number of hydrogen-bond donors (Lipinski definition) is 2. The first kappa shape index (κ1) is 24.5. The second kappa shape index (κ2) is 10.2. The number of para-hydroxylation sites is 1. The molecule has 2 bridgehead atoms. The molecule has 3 N–H and O–H groups in total. The average molecular weight is 524 g/mol. The zero-order valence-corrected chi connectivity index (χ0v) is 22.5. The largest absolute Gasteiger partial charge is 0.457 e. The Bertz CT molecular complexity index is 1410. The molecule has 0 spiro atoms. The van der Waals surface area contributed by atoms with Crippen LogP contribution in [0.4, 0.5) is 5.82 Å². The maximum Gasteiger partial charge on any atom is 0.164 e. The number of ether oxygens (including phenoxy) is 1. The standard InChI is InChI=1S/C31H37N7O/c1-37-24-13-14-25(37)18-22(17-24)35-21-9-11-23(12-10-21)38-31-28(30(32)33-19-34-31)29(36-38)20-7-15-27(16-8-20)39-26-5-3-2-4-6-26/h2-8,15-16,19,21-25,35H,9-14,17-18H2,1H3,(H2,32,33,34)/t21-,22?,23-,24?,25?. The summed E-state index contributed by atoms with van der Waals surface area (Å²) in [4.78, 5) is 11.6. The third-order valence-electron chi connectivity index (χ3n) is 9.24. The zero-order valence-electron chi connectivity index (χ0n) is 22.5. The molecule has 3 fully saturated rings. The van der Waals surface area contributed by atoms with E-state index in [4.69, 9.17) is 15.6 Å². The summed E-state index contributed by atoms with van der Waals surface area (Å²) in [7, 11) is 2.32. The van der Waals surface area contributed by atoms with Crippen molar-refractivity contribution >= 4 is 16.9 Å². The Morgan fingerprint density at radius 3 is 2.18 bits per heavy atom. The van der Waals surface area contributed by atoms with Crippen LogP contribution < -0.4 is 15.8 Å². The lowest BCUT2D eigenvalue weighted by Crippen LogP contribution is -2.50. The van der Waals surface area contributed by atoms with Crippen molar-refractivity contribution in [2.75, 3.05) is 12.8 Å². The van der Waals surface area contributed by atoms with Crippen LogP contribution >= 0.6 is 0 Å². The van der Waals surface area contributed by atoms with Gasteiger partial charge in [-0.2, -0.15) is 5.10 Å². The monoisotopic (exact) mass is 523 g/mol. The highest BCUT2D eigenvalue weighted by molar-refractivity contribution is 5.98. The zero-order chi connectivity index (χ0) is 26.3. The fraction of sp³-hybridized carbons (Fsp3) is 0.452. The Labute approximate surface area is 229 Å². The Morgan fingerprint density at radius 2 is 1.46 bits per heavy atom. The van der Waals surface area contributed by atoms with Crippen molar-refractivity contribution in [2.24, 2.45) is 0 Å². The molecule has 3 aliphatic rings. The molecule has 39 heavy (non-hydrogen) atoms. The van der Waals surface area contributed by atoms with E-state index in [0.29, 0.717) is 23.9 Å². The summed E-state index contributed by atoms with van der Waals surface area (Å²) in [6, 6.07) is 20.9. The van der Waals surface area contributed by atoms with Gasteiger partial charge in [0.15, 0.2) is 5.65 Å². The summed E-state index contributed by atoms with van der Waals surface area (Å²) in [6.45, 7) is 0. The molecular weight excluding hydrogens is 486 g/mol. The van der Waals surface area contributed by atoms with Gasteiger partial charge in [-0.05, 0) is 94.8 Å². The summed E-state index contributed by atoms with van der Waals surface area (Å²) < 4.78 is 8.10. The molecule has 2 aliphatic heterocycles. The summed E-state index contributed by atoms with van der Waals surface area (Å²) in [5, 5.41) is 9.97. The van der Waals surface area contributed by atoms with Gasteiger partial charge in [0.2, 0.25) is 0 Å². The van der Waals surface area contributed by atoms with E-state index in [2.05, 4.69) is 31.9 Å². The van der Waals surface area contributed by atoms with E-state index in [0.717, 1.165) is 71.6 Å². The number of nitrogens with one attached hydrogen (secondary N) is 1. The molecule has 4 heterocycles. The molecule has 1 saturated carbocycles. The van der Waals surface area contributed by atoms with Crippen molar-refractivity contribution in [1.82, 2.24) is 30.0 Å². The second-order valence-electron chi connectivity index (χ2n) is 11.6. The molecule has 2 saturated heterocycles. The Kier molecular flexibility index (Phi) is 6.45. The number of anilines is 1. The van der Waals surface area contributed by atoms with Crippen LogP contribution in [0.2, 0.25) is 0 Å². The fourth-order valence-electron chi connectivity index (χ4n) is 7.13. The summed E-state index contributed by atoms with van der Waals surface area (Å²) in [5.41, 5.74) is 9.02. The number of piperidine rings is 1. The van der Waals surface area contributed by atoms with Crippen molar-refractivity contribution < 1.29 is 4.74 Å². The highest BCUT2D eigenvalue weighted by atomic mass is 16.5. The van der Waals surface area contributed by atoms with Gasteiger partial charge in [0, 0.05) is 29.7 Å². The van der Waals surface area contributed by atoms with Gasteiger partial charge in [-0.25, -0.2) is 14.6 Å². The number of nitrogen functional groups attached to an aromatic ring is 1. The Hall–Kier alpha value is -3.49. The number of nitrogens with two attached hydrogens (primary N) is 1. The van der Waals surface area contributed by atoms with E-state index in [-0.39, 0.29) is 0 Å². The molecule has 8 nitrogen and oxygen atoms in total. The van der Waals surface area contributed by atoms with Gasteiger partial charge in [0.05, 0.1) is 11.4 Å². The molecule has 1 aliphatic carbocycles. The van der Waals surface area contributed by atoms with Crippen LogP contribution in [0.5, 0.6) is 11.5 Å². The molecule has 8 heteroatoms. The van der Waals surface area contributed by atoms with Gasteiger partial charge in [-0.1, -0.05) is 18.2 Å². The maximum atomic E-state index is 6.39. The van der Waals surface area contributed by atoms with Gasteiger partial charge in [0.25, 0.3) is 0 Å². The van der Waals surface area contributed by atoms with Crippen LogP contribution in [-0.4, -0.2) is 55.9 Å². The van der Waals surface area contributed by atoms with Crippen molar-refractivity contribution in [3.05, 3.63) is 60.9 Å². The van der Waals surface area contributed by atoms with Crippen LogP contribution in [0, 0.1) is 0 Å². The fourth-order valence-corrected chi connectivity index (χ4v) is 7.13. The SMILES string of the molecule is CN1C2CCC1CC(N[C@H]1CC[C@H](n3nc(-c4ccc(Oc5ccccc5)cc4)c4c(N)ncnc43)CC1)C2. The first-order valence-corrected chi connectivity index (χ1v) is 14.4. The molecule has 2 aromatic heterocycles. The lowest BCUT2D eigenvalue weighted by molar-refractivity contribution is 0.136. The minimum atomic E-state index is 0.308. The van der Waals surface area contributed by atoms with Gasteiger partial charge in [-0.3, -0.25) is 0 Å². The van der Waals surface area contributed by atoms with Crippen LogP contribution in [0.1, 0.15) is 57.4 Å². The summed E-state index contributed by atoms with van der Waals surface area (Å²) in [5.74, 6) is 2.06. The summed E-state index contributed by atoms with van der Waals surface area (Å²) >= 11 is 0. The van der Waals surface area contributed by atoms with Gasteiger partial charge < -0.3 is 20.7 Å². The first-order valence-electron chi connectivity index (χ1n) is 14.4. The van der Waals surface area contributed by atoms with Crippen molar-refractivity contribution in [1.29, 1.82) is 0 Å². The number of aromatic nitrogens is 4. The minimum absolute atomic E-state index is 0.308. The number of fused-ring (bicyclic) bond motifs is 3. The van der Waals surface area contributed by atoms with E-state index in [1.165, 1.54) is 25.7 Å². The van der Waals surface area contributed by atoms with Gasteiger partial charge in [0.1, 0.15) is 29.3 Å². The van der Waals surface area contributed by atoms with Crippen molar-refractivity contribution in [2.45, 2.75) is 81.6 Å². The first-order chi connectivity index (χ1) is 19.1. The molecule has 202 valence electrons. The quantitative estimate of drug-likeness (QED) is 0.341. The predicted octanol–water partition coefficient (Wildman–Crippen LogP) is 5.57. The highest BCUT2D eigenvalue weighted by Gasteiger charge is 2.39. The Balaban J connectivity index is 1.07. The van der Waals surface area contributed by atoms with Crippen molar-refractivity contribution in [3.63, 3.8) is 0 Å². The van der Waals surface area contributed by atoms with Gasteiger partial charge >= 0.3 is 0 Å². The summed E-state index contributed by atoms with van der Waals surface area (Å²) in [6.07, 6.45) is 11.4. The topological polar surface area (TPSA) is 94.1 Å². The minimum Gasteiger partial charge on any atom is -0.457 e. The molecule has 2 atom stereocenters. The number of nitrogens with zero attached hydrogens (tertiary/aromatic N) is 5. The van der Waals surface area contributed by atoms with Crippen LogP contribution in [0.15, 0.2) is 60.9 Å². The third kappa shape index (κ3) is 4.76. The maximum absolute atomic E-state index is 6.39. The van der Waals surface area contributed by atoms with E-state index >= 15 is 0 Å². The van der Waals surface area contributed by atoms with E-state index in [1.807, 2.05) is 54.6 Å². The van der Waals surface area contributed by atoms with E-state index in [9.17, 15) is 0 Å². The van der Waals surface area contributed by atoms with Crippen molar-refractivity contribution in [3.8, 4) is 22.8 Å². The molecular formula is C31H37N7O. The smallest absolute Gasteiger partial charge is 0.164 e. The number of benzene rings is 2. The molecule has 2 unspecified atom stereocenters. The molecule has 7 rings (SSSR count). The van der Waals surface area contributed by atoms with E-state index in [1.54, 1.807) is 6.33 Å². The highest BCUT2D eigenvalue weighted by Crippen LogP contribution is 2.38. The van der Waals surface area contributed by atoms with E-state index < -0.39 is 0 Å². The number of rotatable bonds is 6. The third-order valence-corrected chi connectivity index (χ3v) is 9.24. The predicted molar refractivity (Wildman–Crippen MR) is 154 cm³/mol. The molecule has 4 aromatic rings. The lowest BCUT2D eigenvalue weighted by Gasteiger charge is -2.39. The van der Waals surface area contributed by atoms with Crippen LogP contribution in [0.25, 0.3) is 22.3 Å². The van der Waals surface area contributed by atoms with Crippen LogP contribution in [0.3, 0.4) is 0 Å². The average Bonchev–Trinajstić information content (AvgIpc) is 3.43. The normalized spacial score (nSPS) is 27.2. The van der Waals surface area contributed by atoms with Gasteiger partial charge in [-0.15, -0.1) is 0 Å². The second-order valence-corrected chi connectivity index (χ2v) is 11.6. The molecule has 2 aromatic carbocycles. The Morgan fingerprint density at radius 1 is 0.795 bits per heavy atom. The number of hydrogen-bond acceptors (Lipinski definition) is 7.